The third kappa shape index (κ3) is 5.78. The SMILES string of the molecule is Cc1cccc2sc(N(CCN(C)C)C(=O)CCS(=O)(=O)c3ccccc3)nc12.Cl. The summed E-state index contributed by atoms with van der Waals surface area (Å²) in [6.07, 6.45) is -0.0838. The zero-order chi connectivity index (χ0) is 21.0. The number of rotatable bonds is 8. The van der Waals surface area contributed by atoms with Gasteiger partial charge in [-0.1, -0.05) is 41.7 Å². The fourth-order valence-corrected chi connectivity index (χ4v) is 5.26. The van der Waals surface area contributed by atoms with Crippen molar-refractivity contribution in [2.45, 2.75) is 18.2 Å². The Kier molecular flexibility index (Phi) is 8.37. The molecular formula is C21H26ClN3O3S2. The van der Waals surface area contributed by atoms with Gasteiger partial charge in [-0.3, -0.25) is 9.69 Å². The first-order chi connectivity index (χ1) is 13.8. The lowest BCUT2D eigenvalue weighted by Crippen LogP contribution is -2.37. The molecule has 3 aromatic rings. The van der Waals surface area contributed by atoms with E-state index in [2.05, 4.69) is 4.98 Å². The standard InChI is InChI=1S/C21H25N3O3S2.ClH/c1-16-8-7-11-18-20(16)22-21(28-18)24(14-13-23(2)3)19(25)12-15-29(26,27)17-9-5-4-6-10-17;/h4-11H,12-15H2,1-3H3;1H. The summed E-state index contributed by atoms with van der Waals surface area (Å²) in [4.78, 5) is 21.5. The molecule has 0 bridgehead atoms. The summed E-state index contributed by atoms with van der Waals surface area (Å²) >= 11 is 1.46. The van der Waals surface area contributed by atoms with Crippen LogP contribution in [-0.2, 0) is 14.6 Å². The first-order valence-corrected chi connectivity index (χ1v) is 11.8. The van der Waals surface area contributed by atoms with Crippen molar-refractivity contribution in [1.82, 2.24) is 9.88 Å². The third-order valence-electron chi connectivity index (χ3n) is 4.60. The molecular weight excluding hydrogens is 442 g/mol. The van der Waals surface area contributed by atoms with Crippen molar-refractivity contribution in [3.63, 3.8) is 0 Å². The molecule has 2 aromatic carbocycles. The summed E-state index contributed by atoms with van der Waals surface area (Å²) in [7, 11) is 0.362. The van der Waals surface area contributed by atoms with Crippen LogP contribution in [-0.4, -0.2) is 57.1 Å². The summed E-state index contributed by atoms with van der Waals surface area (Å²) in [6.45, 7) is 3.10. The average molecular weight is 468 g/mol. The van der Waals surface area contributed by atoms with Crippen LogP contribution in [0.2, 0.25) is 0 Å². The Hall–Kier alpha value is -2.00. The number of hydrogen-bond acceptors (Lipinski definition) is 6. The number of nitrogens with zero attached hydrogens (tertiary/aromatic N) is 3. The van der Waals surface area contributed by atoms with Gasteiger partial charge in [0.2, 0.25) is 5.91 Å². The van der Waals surface area contributed by atoms with Gasteiger partial charge in [0.25, 0.3) is 0 Å². The van der Waals surface area contributed by atoms with Crippen LogP contribution in [0.15, 0.2) is 53.4 Å². The second kappa shape index (κ2) is 10.3. The van der Waals surface area contributed by atoms with E-state index in [1.807, 2.05) is 44.1 Å². The number of likely N-dealkylation sites (N-methyl/N-ethyl adjacent to an activating group) is 1. The van der Waals surface area contributed by atoms with E-state index in [0.717, 1.165) is 15.8 Å². The van der Waals surface area contributed by atoms with E-state index in [1.54, 1.807) is 35.2 Å². The lowest BCUT2D eigenvalue weighted by Gasteiger charge is -2.22. The van der Waals surface area contributed by atoms with Crippen molar-refractivity contribution in [1.29, 1.82) is 0 Å². The predicted molar refractivity (Wildman–Crippen MR) is 126 cm³/mol. The number of aromatic nitrogens is 1. The maximum absolute atomic E-state index is 13.0. The van der Waals surface area contributed by atoms with Crippen LogP contribution in [0.3, 0.4) is 0 Å². The number of thiazole rings is 1. The van der Waals surface area contributed by atoms with Crippen LogP contribution in [0.5, 0.6) is 0 Å². The van der Waals surface area contributed by atoms with Crippen molar-refractivity contribution >= 4 is 54.8 Å². The van der Waals surface area contributed by atoms with Gasteiger partial charge < -0.3 is 4.90 Å². The smallest absolute Gasteiger partial charge is 0.229 e. The van der Waals surface area contributed by atoms with Gasteiger partial charge in [0.1, 0.15) is 0 Å². The van der Waals surface area contributed by atoms with Gasteiger partial charge in [0.15, 0.2) is 15.0 Å². The molecule has 0 spiro atoms. The normalized spacial score (nSPS) is 11.5. The number of para-hydroxylation sites is 1. The van der Waals surface area contributed by atoms with Gasteiger partial charge in [-0.25, -0.2) is 13.4 Å². The fourth-order valence-electron chi connectivity index (χ4n) is 2.92. The van der Waals surface area contributed by atoms with E-state index in [9.17, 15) is 13.2 Å². The van der Waals surface area contributed by atoms with Crippen molar-refractivity contribution in [3.8, 4) is 0 Å². The molecule has 0 aliphatic heterocycles. The first kappa shape index (κ1) is 24.3. The zero-order valence-electron chi connectivity index (χ0n) is 17.2. The highest BCUT2D eigenvalue weighted by Gasteiger charge is 2.23. The van der Waals surface area contributed by atoms with E-state index < -0.39 is 9.84 Å². The summed E-state index contributed by atoms with van der Waals surface area (Å²) < 4.78 is 26.1. The minimum Gasteiger partial charge on any atom is -0.308 e. The molecule has 0 aliphatic rings. The van der Waals surface area contributed by atoms with Crippen molar-refractivity contribution in [3.05, 3.63) is 54.1 Å². The van der Waals surface area contributed by atoms with E-state index in [-0.39, 0.29) is 35.4 Å². The Labute approximate surface area is 187 Å². The quantitative estimate of drug-likeness (QED) is 0.504. The molecule has 1 aromatic heterocycles. The van der Waals surface area contributed by atoms with E-state index in [0.29, 0.717) is 18.2 Å². The van der Waals surface area contributed by atoms with Crippen LogP contribution < -0.4 is 4.90 Å². The third-order valence-corrected chi connectivity index (χ3v) is 7.37. The highest BCUT2D eigenvalue weighted by atomic mass is 35.5. The largest absolute Gasteiger partial charge is 0.308 e. The molecule has 3 rings (SSSR count). The molecule has 6 nitrogen and oxygen atoms in total. The van der Waals surface area contributed by atoms with Crippen LogP contribution >= 0.6 is 23.7 Å². The monoisotopic (exact) mass is 467 g/mol. The Morgan fingerprint density at radius 3 is 2.37 bits per heavy atom. The lowest BCUT2D eigenvalue weighted by molar-refractivity contribution is -0.118. The van der Waals surface area contributed by atoms with Gasteiger partial charge in [0, 0.05) is 19.5 Å². The number of aryl methyl sites for hydroxylation is 1. The molecule has 1 amide bonds. The van der Waals surface area contributed by atoms with Gasteiger partial charge in [-0.2, -0.15) is 0 Å². The Balaban J connectivity index is 0.00000320. The Morgan fingerprint density at radius 2 is 1.73 bits per heavy atom. The molecule has 0 aliphatic carbocycles. The highest BCUT2D eigenvalue weighted by Crippen LogP contribution is 2.31. The first-order valence-electron chi connectivity index (χ1n) is 9.37. The van der Waals surface area contributed by atoms with Gasteiger partial charge >= 0.3 is 0 Å². The fraction of sp³-hybridized carbons (Fsp3) is 0.333. The Bertz CT molecular complexity index is 1100. The van der Waals surface area contributed by atoms with Crippen LogP contribution in [0.25, 0.3) is 10.2 Å². The second-order valence-corrected chi connectivity index (χ2v) is 10.3. The summed E-state index contributed by atoms with van der Waals surface area (Å²) in [5.41, 5.74) is 1.93. The molecule has 0 saturated heterocycles. The molecule has 0 radical (unpaired) electrons. The predicted octanol–water partition coefficient (Wildman–Crippen LogP) is 3.79. The molecule has 0 atom stereocenters. The number of amides is 1. The second-order valence-electron chi connectivity index (χ2n) is 7.15. The average Bonchev–Trinajstić information content (AvgIpc) is 3.12. The number of sulfone groups is 1. The van der Waals surface area contributed by atoms with E-state index >= 15 is 0 Å². The molecule has 162 valence electrons. The van der Waals surface area contributed by atoms with Gasteiger partial charge in [-0.15, -0.1) is 12.4 Å². The maximum Gasteiger partial charge on any atom is 0.229 e. The number of benzene rings is 2. The summed E-state index contributed by atoms with van der Waals surface area (Å²) in [6, 6.07) is 14.2. The van der Waals surface area contributed by atoms with Crippen molar-refractivity contribution < 1.29 is 13.2 Å². The molecule has 0 unspecified atom stereocenters. The lowest BCUT2D eigenvalue weighted by atomic mass is 10.2. The van der Waals surface area contributed by atoms with Gasteiger partial charge in [-0.05, 0) is 44.8 Å². The number of fused-ring (bicyclic) bond motifs is 1. The number of anilines is 1. The highest BCUT2D eigenvalue weighted by molar-refractivity contribution is 7.91. The van der Waals surface area contributed by atoms with Crippen molar-refractivity contribution in [2.24, 2.45) is 0 Å². The summed E-state index contributed by atoms with van der Waals surface area (Å²) in [5.74, 6) is -0.457. The van der Waals surface area contributed by atoms with Crippen LogP contribution in [0, 0.1) is 6.92 Å². The van der Waals surface area contributed by atoms with E-state index in [4.69, 9.17) is 0 Å². The zero-order valence-corrected chi connectivity index (χ0v) is 19.7. The maximum atomic E-state index is 13.0. The summed E-state index contributed by atoms with van der Waals surface area (Å²) in [5, 5.41) is 0.609. The topological polar surface area (TPSA) is 70.6 Å². The molecule has 0 fully saturated rings. The van der Waals surface area contributed by atoms with Gasteiger partial charge in [0.05, 0.1) is 20.9 Å². The Morgan fingerprint density at radius 1 is 1.03 bits per heavy atom. The number of hydrogen-bond donors (Lipinski definition) is 0. The molecule has 0 saturated carbocycles. The molecule has 0 N–H and O–H groups in total. The minimum atomic E-state index is -3.51. The molecule has 1 heterocycles. The van der Waals surface area contributed by atoms with Crippen LogP contribution in [0.1, 0.15) is 12.0 Å². The number of halogens is 1. The number of carbonyl (C=O) groups excluding carboxylic acids is 1. The minimum absolute atomic E-state index is 0. The number of carbonyl (C=O) groups is 1. The van der Waals surface area contributed by atoms with E-state index in [1.165, 1.54) is 11.3 Å². The van der Waals surface area contributed by atoms with Crippen molar-refractivity contribution in [2.75, 3.05) is 37.8 Å². The molecule has 9 heteroatoms. The van der Waals surface area contributed by atoms with Crippen LogP contribution in [0.4, 0.5) is 5.13 Å². The molecule has 30 heavy (non-hydrogen) atoms.